The van der Waals surface area contributed by atoms with Gasteiger partial charge in [-0.1, -0.05) is 52.0 Å². The smallest absolute Gasteiger partial charge is 0.00257 e. The Balaban J connectivity index is 2.56. The van der Waals surface area contributed by atoms with E-state index in [2.05, 4.69) is 52.0 Å². The van der Waals surface area contributed by atoms with Gasteiger partial charge in [-0.3, -0.25) is 0 Å². The molecule has 0 radical (unpaired) electrons. The van der Waals surface area contributed by atoms with Crippen molar-refractivity contribution in [3.63, 3.8) is 0 Å². The minimum Gasteiger partial charge on any atom is -0.330 e. The van der Waals surface area contributed by atoms with Gasteiger partial charge in [0.05, 0.1) is 0 Å². The van der Waals surface area contributed by atoms with Crippen molar-refractivity contribution in [1.29, 1.82) is 0 Å². The topological polar surface area (TPSA) is 26.0 Å². The zero-order valence-corrected chi connectivity index (χ0v) is 11.1. The molecule has 0 spiro atoms. The summed E-state index contributed by atoms with van der Waals surface area (Å²) in [5.41, 5.74) is 8.84. The normalized spacial score (nSPS) is 12.1. The van der Waals surface area contributed by atoms with Gasteiger partial charge in [0.15, 0.2) is 0 Å². The van der Waals surface area contributed by atoms with Crippen LogP contribution in [-0.2, 0) is 6.42 Å². The standard InChI is InChI=1S/C15H25N/c1-12(2)14-7-5-13(6-8-14)9-10-15(3,4)11-16/h5-8,12H,9-11,16H2,1-4H3. The predicted molar refractivity (Wildman–Crippen MR) is 71.7 cm³/mol. The van der Waals surface area contributed by atoms with E-state index in [0.29, 0.717) is 5.92 Å². The van der Waals surface area contributed by atoms with Crippen molar-refractivity contribution in [2.24, 2.45) is 11.1 Å². The molecule has 1 heteroatoms. The van der Waals surface area contributed by atoms with E-state index in [-0.39, 0.29) is 5.41 Å². The molecule has 0 aliphatic rings. The van der Waals surface area contributed by atoms with Gasteiger partial charge < -0.3 is 5.73 Å². The second kappa shape index (κ2) is 5.49. The second-order valence-corrected chi connectivity index (χ2v) is 5.76. The van der Waals surface area contributed by atoms with Crippen LogP contribution < -0.4 is 5.73 Å². The monoisotopic (exact) mass is 219 g/mol. The highest BCUT2D eigenvalue weighted by atomic mass is 14.6. The van der Waals surface area contributed by atoms with Crippen molar-refractivity contribution >= 4 is 0 Å². The van der Waals surface area contributed by atoms with Crippen LogP contribution in [0.5, 0.6) is 0 Å². The summed E-state index contributed by atoms with van der Waals surface area (Å²) < 4.78 is 0. The molecule has 1 nitrogen and oxygen atoms in total. The Labute approximate surface area is 100 Å². The summed E-state index contributed by atoms with van der Waals surface area (Å²) in [7, 11) is 0. The molecule has 16 heavy (non-hydrogen) atoms. The molecule has 0 unspecified atom stereocenters. The number of benzene rings is 1. The zero-order chi connectivity index (χ0) is 12.2. The first-order chi connectivity index (χ1) is 7.44. The Morgan fingerprint density at radius 2 is 1.69 bits per heavy atom. The van der Waals surface area contributed by atoms with Crippen molar-refractivity contribution in [3.05, 3.63) is 35.4 Å². The predicted octanol–water partition coefficient (Wildman–Crippen LogP) is 3.73. The van der Waals surface area contributed by atoms with Gasteiger partial charge in [-0.15, -0.1) is 0 Å². The highest BCUT2D eigenvalue weighted by molar-refractivity contribution is 5.24. The molecule has 0 fully saturated rings. The van der Waals surface area contributed by atoms with Crippen molar-refractivity contribution in [2.45, 2.75) is 46.5 Å². The van der Waals surface area contributed by atoms with Crippen LogP contribution in [-0.4, -0.2) is 6.54 Å². The van der Waals surface area contributed by atoms with Crippen LogP contribution >= 0.6 is 0 Å². The van der Waals surface area contributed by atoms with E-state index in [9.17, 15) is 0 Å². The summed E-state index contributed by atoms with van der Waals surface area (Å²) in [6.45, 7) is 9.68. The summed E-state index contributed by atoms with van der Waals surface area (Å²) >= 11 is 0. The quantitative estimate of drug-likeness (QED) is 0.802. The fourth-order valence-electron chi connectivity index (χ4n) is 1.65. The van der Waals surface area contributed by atoms with Crippen molar-refractivity contribution in [1.82, 2.24) is 0 Å². The van der Waals surface area contributed by atoms with Crippen LogP contribution in [0.15, 0.2) is 24.3 Å². The molecule has 0 saturated heterocycles. The summed E-state index contributed by atoms with van der Waals surface area (Å²) in [6, 6.07) is 8.99. The van der Waals surface area contributed by atoms with Crippen LogP contribution in [0.25, 0.3) is 0 Å². The summed E-state index contributed by atoms with van der Waals surface area (Å²) in [6.07, 6.45) is 2.28. The molecule has 90 valence electrons. The summed E-state index contributed by atoms with van der Waals surface area (Å²) in [4.78, 5) is 0. The van der Waals surface area contributed by atoms with E-state index in [1.165, 1.54) is 11.1 Å². The summed E-state index contributed by atoms with van der Waals surface area (Å²) in [5, 5.41) is 0. The lowest BCUT2D eigenvalue weighted by Gasteiger charge is -2.22. The van der Waals surface area contributed by atoms with Crippen LogP contribution in [0.3, 0.4) is 0 Å². The van der Waals surface area contributed by atoms with E-state index in [1.807, 2.05) is 0 Å². The minimum atomic E-state index is 0.261. The highest BCUT2D eigenvalue weighted by Crippen LogP contribution is 2.22. The molecule has 2 N–H and O–H groups in total. The first-order valence-electron chi connectivity index (χ1n) is 6.23. The molecular weight excluding hydrogens is 194 g/mol. The molecule has 1 aromatic carbocycles. The van der Waals surface area contributed by atoms with Gasteiger partial charge >= 0.3 is 0 Å². The van der Waals surface area contributed by atoms with Gasteiger partial charge in [0.25, 0.3) is 0 Å². The lowest BCUT2D eigenvalue weighted by Crippen LogP contribution is -2.24. The van der Waals surface area contributed by atoms with Crippen LogP contribution in [0.2, 0.25) is 0 Å². The molecule has 1 aromatic rings. The number of nitrogens with two attached hydrogens (primary N) is 1. The van der Waals surface area contributed by atoms with E-state index in [0.717, 1.165) is 19.4 Å². The van der Waals surface area contributed by atoms with Crippen LogP contribution in [0.4, 0.5) is 0 Å². The van der Waals surface area contributed by atoms with E-state index in [4.69, 9.17) is 5.73 Å². The molecule has 0 heterocycles. The minimum absolute atomic E-state index is 0.261. The van der Waals surface area contributed by atoms with Crippen LogP contribution in [0.1, 0.15) is 51.2 Å². The van der Waals surface area contributed by atoms with Crippen molar-refractivity contribution in [2.75, 3.05) is 6.54 Å². The first-order valence-corrected chi connectivity index (χ1v) is 6.23. The number of aryl methyl sites for hydroxylation is 1. The van der Waals surface area contributed by atoms with Crippen LogP contribution in [0, 0.1) is 5.41 Å². The van der Waals surface area contributed by atoms with Gasteiger partial charge in [0.1, 0.15) is 0 Å². The third kappa shape index (κ3) is 3.97. The lowest BCUT2D eigenvalue weighted by atomic mass is 9.86. The SMILES string of the molecule is CC(C)c1ccc(CCC(C)(C)CN)cc1. The molecule has 0 aliphatic carbocycles. The van der Waals surface area contributed by atoms with Crippen molar-refractivity contribution < 1.29 is 0 Å². The lowest BCUT2D eigenvalue weighted by molar-refractivity contribution is 0.348. The van der Waals surface area contributed by atoms with Gasteiger partial charge in [-0.05, 0) is 41.8 Å². The Morgan fingerprint density at radius 1 is 1.12 bits per heavy atom. The molecule has 1 rings (SSSR count). The molecular formula is C15H25N. The fraction of sp³-hybridized carbons (Fsp3) is 0.600. The van der Waals surface area contributed by atoms with Crippen molar-refractivity contribution in [3.8, 4) is 0 Å². The van der Waals surface area contributed by atoms with Gasteiger partial charge in [0, 0.05) is 0 Å². The first kappa shape index (κ1) is 13.2. The number of rotatable bonds is 5. The molecule has 0 bridgehead atoms. The van der Waals surface area contributed by atoms with E-state index >= 15 is 0 Å². The third-order valence-electron chi connectivity index (χ3n) is 3.29. The number of hydrogen-bond acceptors (Lipinski definition) is 1. The molecule has 0 saturated carbocycles. The third-order valence-corrected chi connectivity index (χ3v) is 3.29. The Hall–Kier alpha value is -0.820. The Bertz CT molecular complexity index is 309. The maximum atomic E-state index is 5.73. The zero-order valence-electron chi connectivity index (χ0n) is 11.1. The highest BCUT2D eigenvalue weighted by Gasteiger charge is 2.14. The van der Waals surface area contributed by atoms with Gasteiger partial charge in [0.2, 0.25) is 0 Å². The maximum Gasteiger partial charge on any atom is -0.00257 e. The van der Waals surface area contributed by atoms with Gasteiger partial charge in [-0.2, -0.15) is 0 Å². The average Bonchev–Trinajstić information content (AvgIpc) is 2.27. The molecule has 0 aromatic heterocycles. The Kier molecular flexibility index (Phi) is 4.55. The Morgan fingerprint density at radius 3 is 2.12 bits per heavy atom. The summed E-state index contributed by atoms with van der Waals surface area (Å²) in [5.74, 6) is 0.620. The van der Waals surface area contributed by atoms with E-state index < -0.39 is 0 Å². The maximum absolute atomic E-state index is 5.73. The molecule has 0 aliphatic heterocycles. The van der Waals surface area contributed by atoms with E-state index in [1.54, 1.807) is 0 Å². The fourth-order valence-corrected chi connectivity index (χ4v) is 1.65. The molecule has 0 amide bonds. The molecule has 0 atom stereocenters. The second-order valence-electron chi connectivity index (χ2n) is 5.76. The largest absolute Gasteiger partial charge is 0.330 e. The van der Waals surface area contributed by atoms with Gasteiger partial charge in [-0.25, -0.2) is 0 Å². The average molecular weight is 219 g/mol. The number of hydrogen-bond donors (Lipinski definition) is 1.